The van der Waals surface area contributed by atoms with E-state index in [2.05, 4.69) is 27.3 Å². The van der Waals surface area contributed by atoms with Gasteiger partial charge in [0, 0.05) is 11.4 Å². The molecule has 0 saturated heterocycles. The number of halogens is 1. The van der Waals surface area contributed by atoms with E-state index in [1.165, 1.54) is 4.88 Å². The Kier molecular flexibility index (Phi) is 4.59. The van der Waals surface area contributed by atoms with Crippen LogP contribution in [-0.4, -0.2) is 17.6 Å². The first-order valence-corrected chi connectivity index (χ1v) is 7.45. The van der Waals surface area contributed by atoms with E-state index in [0.717, 1.165) is 36.1 Å². The quantitative estimate of drug-likeness (QED) is 0.877. The second-order valence-corrected chi connectivity index (χ2v) is 7.02. The molecule has 3 nitrogen and oxygen atoms in total. The zero-order chi connectivity index (χ0) is 12.3. The van der Waals surface area contributed by atoms with Crippen molar-refractivity contribution in [3.63, 3.8) is 0 Å². The molecule has 0 aliphatic heterocycles. The third-order valence-corrected chi connectivity index (χ3v) is 4.93. The molecule has 2 atom stereocenters. The number of carbonyl (C=O) groups is 1. The van der Waals surface area contributed by atoms with E-state index < -0.39 is 5.97 Å². The summed E-state index contributed by atoms with van der Waals surface area (Å²) in [6.45, 7) is 1.64. The lowest BCUT2D eigenvalue weighted by Gasteiger charge is -2.15. The van der Waals surface area contributed by atoms with Gasteiger partial charge in [-0.3, -0.25) is 4.79 Å². The van der Waals surface area contributed by atoms with Crippen molar-refractivity contribution >= 4 is 33.2 Å². The van der Waals surface area contributed by atoms with Crippen LogP contribution in [0, 0.1) is 11.8 Å². The Hall–Kier alpha value is -0.390. The van der Waals surface area contributed by atoms with Crippen molar-refractivity contribution in [2.45, 2.75) is 25.8 Å². The fourth-order valence-electron chi connectivity index (χ4n) is 2.43. The van der Waals surface area contributed by atoms with Crippen LogP contribution in [0.15, 0.2) is 15.9 Å². The number of nitrogens with one attached hydrogen (secondary N) is 1. The second-order valence-electron chi connectivity index (χ2n) is 4.47. The third kappa shape index (κ3) is 3.53. The van der Waals surface area contributed by atoms with E-state index in [0.29, 0.717) is 5.92 Å². The topological polar surface area (TPSA) is 49.3 Å². The zero-order valence-electron chi connectivity index (χ0n) is 9.49. The highest BCUT2D eigenvalue weighted by Crippen LogP contribution is 2.31. The maximum Gasteiger partial charge on any atom is 0.306 e. The Bertz CT molecular complexity index is 394. The molecule has 0 bridgehead atoms. The lowest BCUT2D eigenvalue weighted by atomic mass is 9.96. The van der Waals surface area contributed by atoms with Crippen molar-refractivity contribution in [1.29, 1.82) is 0 Å². The van der Waals surface area contributed by atoms with Crippen LogP contribution in [0.1, 0.15) is 24.1 Å². The van der Waals surface area contributed by atoms with E-state index in [-0.39, 0.29) is 5.92 Å². The molecule has 2 N–H and O–H groups in total. The molecule has 1 fully saturated rings. The van der Waals surface area contributed by atoms with Crippen molar-refractivity contribution < 1.29 is 9.90 Å². The van der Waals surface area contributed by atoms with Crippen LogP contribution in [-0.2, 0) is 11.3 Å². The smallest absolute Gasteiger partial charge is 0.306 e. The molecule has 2 unspecified atom stereocenters. The van der Waals surface area contributed by atoms with Crippen molar-refractivity contribution in [1.82, 2.24) is 5.32 Å². The van der Waals surface area contributed by atoms with Crippen molar-refractivity contribution in [3.05, 3.63) is 20.8 Å². The number of hydrogen-bond donors (Lipinski definition) is 2. The molecule has 1 saturated carbocycles. The van der Waals surface area contributed by atoms with E-state index >= 15 is 0 Å². The summed E-state index contributed by atoms with van der Waals surface area (Å²) in [6.07, 6.45) is 2.93. The Balaban J connectivity index is 1.76. The van der Waals surface area contributed by atoms with E-state index in [4.69, 9.17) is 5.11 Å². The first-order valence-electron chi connectivity index (χ1n) is 5.84. The van der Waals surface area contributed by atoms with E-state index in [1.807, 2.05) is 6.07 Å². The monoisotopic (exact) mass is 317 g/mol. The van der Waals surface area contributed by atoms with Gasteiger partial charge in [0.15, 0.2) is 0 Å². The fraction of sp³-hybridized carbons (Fsp3) is 0.583. The first-order chi connectivity index (χ1) is 8.16. The fourth-order valence-corrected chi connectivity index (χ4v) is 3.89. The van der Waals surface area contributed by atoms with Gasteiger partial charge in [0.25, 0.3) is 0 Å². The SMILES string of the molecule is O=C(O)C1CCCC1CNCc1ccc(Br)s1. The average Bonchev–Trinajstić information content (AvgIpc) is 2.87. The second kappa shape index (κ2) is 5.98. The summed E-state index contributed by atoms with van der Waals surface area (Å²) in [5.41, 5.74) is 0. The Labute approximate surface area is 113 Å². The van der Waals surface area contributed by atoms with E-state index in [1.54, 1.807) is 11.3 Å². The molecule has 0 amide bonds. The first kappa shape index (κ1) is 13.1. The van der Waals surface area contributed by atoms with Crippen LogP contribution in [0.2, 0.25) is 0 Å². The van der Waals surface area contributed by atoms with Crippen LogP contribution in [0.4, 0.5) is 0 Å². The van der Waals surface area contributed by atoms with Gasteiger partial charge in [-0.25, -0.2) is 0 Å². The summed E-state index contributed by atoms with van der Waals surface area (Å²) >= 11 is 5.15. The number of rotatable bonds is 5. The molecule has 17 heavy (non-hydrogen) atoms. The summed E-state index contributed by atoms with van der Waals surface area (Å²) in [6, 6.07) is 4.13. The Morgan fingerprint density at radius 1 is 1.53 bits per heavy atom. The van der Waals surface area contributed by atoms with Gasteiger partial charge in [-0.1, -0.05) is 6.42 Å². The van der Waals surface area contributed by atoms with Crippen LogP contribution in [0.25, 0.3) is 0 Å². The highest BCUT2D eigenvalue weighted by Gasteiger charge is 2.32. The van der Waals surface area contributed by atoms with Crippen molar-refractivity contribution in [3.8, 4) is 0 Å². The summed E-state index contributed by atoms with van der Waals surface area (Å²) in [5.74, 6) is -0.471. The van der Waals surface area contributed by atoms with Crippen LogP contribution in [0.5, 0.6) is 0 Å². The largest absolute Gasteiger partial charge is 0.481 e. The summed E-state index contributed by atoms with van der Waals surface area (Å²) in [4.78, 5) is 12.3. The van der Waals surface area contributed by atoms with Crippen molar-refractivity contribution in [2.24, 2.45) is 11.8 Å². The lowest BCUT2D eigenvalue weighted by molar-refractivity contribution is -0.142. The number of carboxylic acids is 1. The van der Waals surface area contributed by atoms with Gasteiger partial charge < -0.3 is 10.4 Å². The number of thiophene rings is 1. The normalized spacial score (nSPS) is 24.1. The molecular weight excluding hydrogens is 302 g/mol. The molecule has 1 aromatic heterocycles. The molecule has 2 rings (SSSR count). The molecule has 0 aromatic carbocycles. The van der Waals surface area contributed by atoms with E-state index in [9.17, 15) is 4.79 Å². The molecule has 1 aromatic rings. The Morgan fingerprint density at radius 2 is 2.35 bits per heavy atom. The minimum atomic E-state index is -0.631. The third-order valence-electron chi connectivity index (χ3n) is 3.31. The molecule has 94 valence electrons. The van der Waals surface area contributed by atoms with Gasteiger partial charge in [0.05, 0.1) is 9.70 Å². The van der Waals surface area contributed by atoms with Gasteiger partial charge in [-0.2, -0.15) is 0 Å². The molecule has 1 aliphatic rings. The van der Waals surface area contributed by atoms with Crippen LogP contribution in [0.3, 0.4) is 0 Å². The lowest BCUT2D eigenvalue weighted by Crippen LogP contribution is -2.28. The van der Waals surface area contributed by atoms with Crippen molar-refractivity contribution in [2.75, 3.05) is 6.54 Å². The van der Waals surface area contributed by atoms with Crippen LogP contribution < -0.4 is 5.32 Å². The van der Waals surface area contributed by atoms with Crippen LogP contribution >= 0.6 is 27.3 Å². The Morgan fingerprint density at radius 3 is 3.00 bits per heavy atom. The highest BCUT2D eigenvalue weighted by atomic mass is 79.9. The molecule has 0 radical (unpaired) electrons. The molecule has 1 aliphatic carbocycles. The maximum absolute atomic E-state index is 11.0. The summed E-state index contributed by atoms with van der Waals surface area (Å²) < 4.78 is 1.14. The molecular formula is C12H16BrNO2S. The standard InChI is InChI=1S/C12H16BrNO2S/c13-11-5-4-9(17-11)7-14-6-8-2-1-3-10(8)12(15)16/h4-5,8,10,14H,1-3,6-7H2,(H,15,16). The predicted octanol–water partition coefficient (Wildman–Crippen LogP) is 3.10. The minimum absolute atomic E-state index is 0.141. The number of aliphatic carboxylic acids is 1. The summed E-state index contributed by atoms with van der Waals surface area (Å²) in [5, 5.41) is 12.4. The molecule has 0 spiro atoms. The minimum Gasteiger partial charge on any atom is -0.481 e. The highest BCUT2D eigenvalue weighted by molar-refractivity contribution is 9.11. The molecule has 1 heterocycles. The van der Waals surface area contributed by atoms with Gasteiger partial charge in [0.2, 0.25) is 0 Å². The number of carboxylic acid groups (broad SMARTS) is 1. The van der Waals surface area contributed by atoms with Gasteiger partial charge in [0.1, 0.15) is 0 Å². The predicted molar refractivity (Wildman–Crippen MR) is 72.2 cm³/mol. The maximum atomic E-state index is 11.0. The van der Waals surface area contributed by atoms with Gasteiger partial charge in [-0.05, 0) is 53.4 Å². The number of hydrogen-bond acceptors (Lipinski definition) is 3. The summed E-state index contributed by atoms with van der Waals surface area (Å²) in [7, 11) is 0. The zero-order valence-corrected chi connectivity index (χ0v) is 11.9. The average molecular weight is 318 g/mol. The van der Waals surface area contributed by atoms with Gasteiger partial charge >= 0.3 is 5.97 Å². The molecule has 5 heteroatoms. The van der Waals surface area contributed by atoms with Gasteiger partial charge in [-0.15, -0.1) is 11.3 Å².